The van der Waals surface area contributed by atoms with Crippen LogP contribution in [0.4, 0.5) is 0 Å². The van der Waals surface area contributed by atoms with Crippen LogP contribution >= 0.6 is 7.92 Å². The highest BCUT2D eigenvalue weighted by Gasteiger charge is 2.51. The van der Waals surface area contributed by atoms with E-state index in [1.54, 1.807) is 0 Å². The molecule has 8 aromatic carbocycles. The van der Waals surface area contributed by atoms with Crippen molar-refractivity contribution in [2.75, 3.05) is 0 Å². The van der Waals surface area contributed by atoms with E-state index < -0.39 is 13.3 Å². The van der Waals surface area contributed by atoms with E-state index in [4.69, 9.17) is 15.0 Å². The van der Waals surface area contributed by atoms with E-state index in [0.717, 1.165) is 16.7 Å². The molecule has 10 aromatic rings. The minimum Gasteiger partial charge on any atom is -0.309 e. The van der Waals surface area contributed by atoms with Crippen molar-refractivity contribution in [3.8, 4) is 39.9 Å². The van der Waals surface area contributed by atoms with Gasteiger partial charge in [0.1, 0.15) is 0 Å². The molecule has 0 N–H and O–H groups in total. The lowest BCUT2D eigenvalue weighted by atomic mass is 9.62. The molecule has 266 valence electrons. The summed E-state index contributed by atoms with van der Waals surface area (Å²) in [7, 11) is -0.972. The first-order chi connectivity index (χ1) is 28.3. The number of benzene rings is 8. The summed E-state index contributed by atoms with van der Waals surface area (Å²) in [5.74, 6) is 1.97. The van der Waals surface area contributed by atoms with Crippen LogP contribution in [0.25, 0.3) is 61.7 Å². The van der Waals surface area contributed by atoms with Gasteiger partial charge in [0.2, 0.25) is 0 Å². The van der Waals surface area contributed by atoms with Gasteiger partial charge in [0.15, 0.2) is 17.5 Å². The predicted molar refractivity (Wildman–Crippen MR) is 235 cm³/mol. The van der Waals surface area contributed by atoms with Crippen molar-refractivity contribution >= 4 is 45.6 Å². The first kappa shape index (κ1) is 32.3. The summed E-state index contributed by atoms with van der Waals surface area (Å²) in [6.45, 7) is 0. The van der Waals surface area contributed by atoms with Gasteiger partial charge in [0, 0.05) is 27.5 Å². The summed E-state index contributed by atoms with van der Waals surface area (Å²) >= 11 is 0. The van der Waals surface area contributed by atoms with Gasteiger partial charge in [-0.15, -0.1) is 0 Å². The molecule has 57 heavy (non-hydrogen) atoms. The van der Waals surface area contributed by atoms with Crippen LogP contribution < -0.4 is 15.9 Å². The van der Waals surface area contributed by atoms with E-state index in [0.29, 0.717) is 17.5 Å². The molecule has 0 bridgehead atoms. The van der Waals surface area contributed by atoms with Gasteiger partial charge in [0.05, 0.1) is 22.1 Å². The number of aromatic nitrogens is 4. The summed E-state index contributed by atoms with van der Waals surface area (Å²) < 4.78 is 2.51. The Kier molecular flexibility index (Phi) is 7.08. The van der Waals surface area contributed by atoms with Crippen LogP contribution in [0.3, 0.4) is 0 Å². The van der Waals surface area contributed by atoms with Crippen molar-refractivity contribution in [1.29, 1.82) is 0 Å². The van der Waals surface area contributed by atoms with Crippen LogP contribution in [0.15, 0.2) is 200 Å². The molecule has 0 saturated heterocycles. The predicted octanol–water partition coefficient (Wildman–Crippen LogP) is 10.7. The molecular formula is C52H33N4P. The molecule has 0 fully saturated rings. The fourth-order valence-corrected chi connectivity index (χ4v) is 12.3. The van der Waals surface area contributed by atoms with Crippen LogP contribution in [-0.4, -0.2) is 19.5 Å². The lowest BCUT2D eigenvalue weighted by molar-refractivity contribution is 0.734. The van der Waals surface area contributed by atoms with Gasteiger partial charge in [-0.25, -0.2) is 15.0 Å². The SMILES string of the molecule is c1ccc(-c2nc(-c3ccccc3)nc(-c3ccc4c(c3)[P@@](c3ccccc3)c3ccccc3C43c4ccccc4-n4c5ccccc5c5cccc3c54)n2)cc1. The molecule has 5 heteroatoms. The number of fused-ring (bicyclic) bond motifs is 11. The molecule has 2 aliphatic heterocycles. The zero-order valence-electron chi connectivity index (χ0n) is 30.8. The fourth-order valence-electron chi connectivity index (χ4n) is 9.51. The Hall–Kier alpha value is -7.00. The van der Waals surface area contributed by atoms with Crippen LogP contribution in [0.1, 0.15) is 22.3 Å². The lowest BCUT2D eigenvalue weighted by Gasteiger charge is -2.47. The number of nitrogens with zero attached hydrogens (tertiary/aromatic N) is 4. The molecule has 2 atom stereocenters. The molecule has 4 heterocycles. The maximum Gasteiger partial charge on any atom is 0.164 e. The Balaban J connectivity index is 1.20. The smallest absolute Gasteiger partial charge is 0.164 e. The van der Waals surface area contributed by atoms with E-state index >= 15 is 0 Å². The summed E-state index contributed by atoms with van der Waals surface area (Å²) in [6, 6.07) is 72.6. The van der Waals surface area contributed by atoms with E-state index in [-0.39, 0.29) is 0 Å². The van der Waals surface area contributed by atoms with Crippen LogP contribution in [0, 0.1) is 0 Å². The molecule has 12 rings (SSSR count). The summed E-state index contributed by atoms with van der Waals surface area (Å²) in [5, 5.41) is 6.54. The molecule has 4 nitrogen and oxygen atoms in total. The third-order valence-electron chi connectivity index (χ3n) is 11.8. The van der Waals surface area contributed by atoms with Gasteiger partial charge in [-0.2, -0.15) is 0 Å². The minimum atomic E-state index is -0.972. The number of para-hydroxylation sites is 3. The average molecular weight is 745 g/mol. The van der Waals surface area contributed by atoms with E-state index in [2.05, 4.69) is 168 Å². The van der Waals surface area contributed by atoms with Crippen molar-refractivity contribution < 1.29 is 0 Å². The Bertz CT molecular complexity index is 3140. The van der Waals surface area contributed by atoms with Gasteiger partial charge < -0.3 is 4.57 Å². The molecule has 0 saturated carbocycles. The molecule has 1 unspecified atom stereocenters. The molecular weight excluding hydrogens is 712 g/mol. The zero-order chi connectivity index (χ0) is 37.5. The van der Waals surface area contributed by atoms with E-state index in [1.165, 1.54) is 65.7 Å². The largest absolute Gasteiger partial charge is 0.309 e. The Morgan fingerprint density at radius 2 is 0.930 bits per heavy atom. The molecule has 1 spiro atoms. The van der Waals surface area contributed by atoms with E-state index in [1.807, 2.05) is 36.4 Å². The van der Waals surface area contributed by atoms with Gasteiger partial charge >= 0.3 is 0 Å². The van der Waals surface area contributed by atoms with Gasteiger partial charge in [-0.3, -0.25) is 0 Å². The highest BCUT2D eigenvalue weighted by Crippen LogP contribution is 2.58. The minimum absolute atomic E-state index is 0.581. The average Bonchev–Trinajstić information content (AvgIpc) is 3.63. The zero-order valence-corrected chi connectivity index (χ0v) is 31.7. The van der Waals surface area contributed by atoms with Crippen LogP contribution in [-0.2, 0) is 5.41 Å². The van der Waals surface area contributed by atoms with Crippen molar-refractivity contribution in [1.82, 2.24) is 19.5 Å². The van der Waals surface area contributed by atoms with Crippen molar-refractivity contribution in [3.05, 3.63) is 222 Å². The normalized spacial score (nSPS) is 16.3. The van der Waals surface area contributed by atoms with Gasteiger partial charge in [-0.05, 0) is 64.3 Å². The topological polar surface area (TPSA) is 43.6 Å². The quantitative estimate of drug-likeness (QED) is 0.169. The third-order valence-corrected chi connectivity index (χ3v) is 14.3. The van der Waals surface area contributed by atoms with Gasteiger partial charge in [0.25, 0.3) is 0 Å². The Morgan fingerprint density at radius 3 is 1.67 bits per heavy atom. The first-order valence-electron chi connectivity index (χ1n) is 19.4. The lowest BCUT2D eigenvalue weighted by Crippen LogP contribution is -2.47. The second-order valence-electron chi connectivity index (χ2n) is 14.8. The molecule has 0 aliphatic carbocycles. The first-order valence-corrected chi connectivity index (χ1v) is 20.7. The van der Waals surface area contributed by atoms with Crippen molar-refractivity contribution in [3.63, 3.8) is 0 Å². The number of hydrogen-bond donors (Lipinski definition) is 0. The summed E-state index contributed by atoms with van der Waals surface area (Å²) in [5.41, 5.74) is 11.3. The molecule has 0 radical (unpaired) electrons. The summed E-state index contributed by atoms with van der Waals surface area (Å²) in [6.07, 6.45) is 0. The summed E-state index contributed by atoms with van der Waals surface area (Å²) in [4.78, 5) is 15.4. The van der Waals surface area contributed by atoms with Gasteiger partial charge in [-0.1, -0.05) is 182 Å². The second kappa shape index (κ2) is 12.5. The Morgan fingerprint density at radius 1 is 0.386 bits per heavy atom. The van der Waals surface area contributed by atoms with E-state index in [9.17, 15) is 0 Å². The highest BCUT2D eigenvalue weighted by atomic mass is 31.1. The fraction of sp³-hybridized carbons (Fsp3) is 0.0192. The van der Waals surface area contributed by atoms with Crippen LogP contribution in [0.5, 0.6) is 0 Å². The Labute approximate surface area is 331 Å². The third kappa shape index (κ3) is 4.62. The second-order valence-corrected chi connectivity index (χ2v) is 16.9. The maximum absolute atomic E-state index is 5.20. The standard InChI is InChI=1S/C52H33N4P/c1-4-17-34(18-5-1)49-53-50(35-19-6-2-7-20-35)55-51(54-49)36-31-32-42-47(33-36)57(37-21-8-3-9-22-37)46-30-15-12-26-41(46)52(42)40-25-11-14-29-45(40)56-44-28-13-10-23-38(44)39-24-16-27-43(52)48(39)56/h1-33H/t52?,57-/m0/s1. The molecule has 2 aromatic heterocycles. The highest BCUT2D eigenvalue weighted by molar-refractivity contribution is 7.80. The van der Waals surface area contributed by atoms with Crippen molar-refractivity contribution in [2.24, 2.45) is 0 Å². The number of hydrogen-bond acceptors (Lipinski definition) is 3. The number of rotatable bonds is 4. The molecule has 0 amide bonds. The maximum atomic E-state index is 5.20. The van der Waals surface area contributed by atoms with Crippen LogP contribution in [0.2, 0.25) is 0 Å². The molecule has 2 aliphatic rings. The monoisotopic (exact) mass is 744 g/mol. The van der Waals surface area contributed by atoms with Crippen molar-refractivity contribution in [2.45, 2.75) is 5.41 Å².